The van der Waals surface area contributed by atoms with Crippen LogP contribution in [0.3, 0.4) is 0 Å². The Morgan fingerprint density at radius 1 is 1.14 bits per heavy atom. The van der Waals surface area contributed by atoms with Gasteiger partial charge in [-0.1, -0.05) is 23.7 Å². The van der Waals surface area contributed by atoms with Crippen LogP contribution in [0.2, 0.25) is 5.02 Å². The number of fused-ring (bicyclic) bond motifs is 1. The minimum atomic E-state index is 0.366. The molecule has 5 heteroatoms. The summed E-state index contributed by atoms with van der Waals surface area (Å²) >= 11 is 6.25. The molecular formula is C16H16ClNO3. The Labute approximate surface area is 128 Å². The first-order valence-electron chi connectivity index (χ1n) is 6.79. The van der Waals surface area contributed by atoms with E-state index in [4.69, 9.17) is 31.5 Å². The summed E-state index contributed by atoms with van der Waals surface area (Å²) in [5.41, 5.74) is 7.37. The van der Waals surface area contributed by atoms with E-state index >= 15 is 0 Å². The maximum atomic E-state index is 6.25. The lowest BCUT2D eigenvalue weighted by molar-refractivity contribution is 0.295. The summed E-state index contributed by atoms with van der Waals surface area (Å²) in [6, 6.07) is 11.1. The van der Waals surface area contributed by atoms with E-state index in [1.165, 1.54) is 0 Å². The number of para-hydroxylation sites is 2. The molecule has 110 valence electrons. The van der Waals surface area contributed by atoms with Gasteiger partial charge in [0.1, 0.15) is 12.4 Å². The van der Waals surface area contributed by atoms with Crippen molar-refractivity contribution in [2.24, 2.45) is 0 Å². The molecule has 0 fully saturated rings. The van der Waals surface area contributed by atoms with E-state index in [1.54, 1.807) is 6.07 Å². The van der Waals surface area contributed by atoms with Gasteiger partial charge in [0.05, 0.1) is 23.9 Å². The fourth-order valence-electron chi connectivity index (χ4n) is 2.14. The average molecular weight is 306 g/mol. The molecule has 0 unspecified atom stereocenters. The van der Waals surface area contributed by atoms with Gasteiger partial charge in [0, 0.05) is 6.42 Å². The third-order valence-electron chi connectivity index (χ3n) is 3.18. The summed E-state index contributed by atoms with van der Waals surface area (Å²) in [6.07, 6.45) is 0.845. The van der Waals surface area contributed by atoms with Crippen molar-refractivity contribution in [3.05, 3.63) is 47.0 Å². The quantitative estimate of drug-likeness (QED) is 0.879. The van der Waals surface area contributed by atoms with Crippen molar-refractivity contribution in [2.45, 2.75) is 13.0 Å². The van der Waals surface area contributed by atoms with Crippen LogP contribution in [0.15, 0.2) is 36.4 Å². The monoisotopic (exact) mass is 305 g/mol. The highest BCUT2D eigenvalue weighted by Crippen LogP contribution is 2.38. The fourth-order valence-corrected chi connectivity index (χ4v) is 2.43. The van der Waals surface area contributed by atoms with E-state index in [9.17, 15) is 0 Å². The molecule has 1 aliphatic rings. The number of nitrogens with two attached hydrogens (primary N) is 1. The van der Waals surface area contributed by atoms with Crippen LogP contribution in [0.1, 0.15) is 12.0 Å². The Balaban J connectivity index is 1.79. The van der Waals surface area contributed by atoms with Crippen molar-refractivity contribution < 1.29 is 14.2 Å². The molecule has 1 heterocycles. The van der Waals surface area contributed by atoms with Crippen LogP contribution in [-0.4, -0.2) is 13.2 Å². The van der Waals surface area contributed by atoms with Crippen molar-refractivity contribution in [3.8, 4) is 17.2 Å². The molecule has 21 heavy (non-hydrogen) atoms. The van der Waals surface area contributed by atoms with Gasteiger partial charge in [0.15, 0.2) is 11.5 Å². The van der Waals surface area contributed by atoms with Gasteiger partial charge < -0.3 is 19.9 Å². The Bertz CT molecular complexity index is 645. The topological polar surface area (TPSA) is 53.7 Å². The number of hydrogen-bond donors (Lipinski definition) is 1. The number of benzene rings is 2. The SMILES string of the molecule is Nc1ccccc1OCc1cc(Cl)c2c(c1)OCCCO2. The Hall–Kier alpha value is -2.07. The summed E-state index contributed by atoms with van der Waals surface area (Å²) in [7, 11) is 0. The molecular weight excluding hydrogens is 290 g/mol. The van der Waals surface area contributed by atoms with Crippen LogP contribution in [0, 0.1) is 0 Å². The van der Waals surface area contributed by atoms with Crippen LogP contribution in [-0.2, 0) is 6.61 Å². The van der Waals surface area contributed by atoms with Crippen LogP contribution in [0.5, 0.6) is 17.2 Å². The molecule has 0 atom stereocenters. The van der Waals surface area contributed by atoms with Crippen molar-refractivity contribution >= 4 is 17.3 Å². The van der Waals surface area contributed by atoms with Crippen LogP contribution in [0.25, 0.3) is 0 Å². The van der Waals surface area contributed by atoms with Gasteiger partial charge in [0.25, 0.3) is 0 Å². The van der Waals surface area contributed by atoms with Crippen molar-refractivity contribution in [1.82, 2.24) is 0 Å². The van der Waals surface area contributed by atoms with Gasteiger partial charge in [-0.15, -0.1) is 0 Å². The molecule has 0 aromatic heterocycles. The Kier molecular flexibility index (Phi) is 4.06. The lowest BCUT2D eigenvalue weighted by Crippen LogP contribution is -2.00. The second-order valence-corrected chi connectivity index (χ2v) is 5.19. The summed E-state index contributed by atoms with van der Waals surface area (Å²) in [5.74, 6) is 1.93. The van der Waals surface area contributed by atoms with Crippen molar-refractivity contribution in [2.75, 3.05) is 18.9 Å². The lowest BCUT2D eigenvalue weighted by Gasteiger charge is -2.13. The number of hydrogen-bond acceptors (Lipinski definition) is 4. The van der Waals surface area contributed by atoms with Gasteiger partial charge >= 0.3 is 0 Å². The highest BCUT2D eigenvalue weighted by Gasteiger charge is 2.15. The predicted molar refractivity (Wildman–Crippen MR) is 82.2 cm³/mol. The molecule has 0 saturated heterocycles. The minimum Gasteiger partial charge on any atom is -0.489 e. The molecule has 0 spiro atoms. The van der Waals surface area contributed by atoms with E-state index in [1.807, 2.05) is 30.3 Å². The summed E-state index contributed by atoms with van der Waals surface area (Å²) in [4.78, 5) is 0. The smallest absolute Gasteiger partial charge is 0.179 e. The summed E-state index contributed by atoms with van der Waals surface area (Å²) in [6.45, 7) is 1.60. The molecule has 3 rings (SSSR count). The Morgan fingerprint density at radius 3 is 2.81 bits per heavy atom. The van der Waals surface area contributed by atoms with Crippen LogP contribution >= 0.6 is 11.6 Å². The largest absolute Gasteiger partial charge is 0.489 e. The van der Waals surface area contributed by atoms with Crippen molar-refractivity contribution in [1.29, 1.82) is 0 Å². The van der Waals surface area contributed by atoms with Crippen LogP contribution in [0.4, 0.5) is 5.69 Å². The number of halogens is 1. The van der Waals surface area contributed by atoms with Gasteiger partial charge in [-0.2, -0.15) is 0 Å². The normalized spacial score (nSPS) is 13.6. The number of nitrogen functional groups attached to an aromatic ring is 1. The fraction of sp³-hybridized carbons (Fsp3) is 0.250. The average Bonchev–Trinajstić information content (AvgIpc) is 2.72. The molecule has 1 aliphatic heterocycles. The minimum absolute atomic E-state index is 0.366. The van der Waals surface area contributed by atoms with Crippen LogP contribution < -0.4 is 19.9 Å². The third-order valence-corrected chi connectivity index (χ3v) is 3.46. The standard InChI is InChI=1S/C16H16ClNO3/c17-12-8-11(9-15-16(12)20-7-3-6-19-15)10-21-14-5-2-1-4-13(14)18/h1-2,4-5,8-9H,3,6-7,10,18H2. The van der Waals surface area contributed by atoms with Gasteiger partial charge in [0.2, 0.25) is 0 Å². The zero-order chi connectivity index (χ0) is 14.7. The third kappa shape index (κ3) is 3.16. The zero-order valence-electron chi connectivity index (χ0n) is 11.5. The van der Waals surface area contributed by atoms with E-state index in [2.05, 4.69) is 0 Å². The Morgan fingerprint density at radius 2 is 1.95 bits per heavy atom. The maximum absolute atomic E-state index is 6.25. The molecule has 2 N–H and O–H groups in total. The summed E-state index contributed by atoms with van der Waals surface area (Å²) in [5, 5.41) is 0.536. The predicted octanol–water partition coefficient (Wildman–Crippen LogP) is 3.66. The van der Waals surface area contributed by atoms with Gasteiger partial charge in [-0.3, -0.25) is 0 Å². The molecule has 0 radical (unpaired) electrons. The molecule has 0 amide bonds. The number of rotatable bonds is 3. The highest BCUT2D eigenvalue weighted by atomic mass is 35.5. The second kappa shape index (κ2) is 6.14. The number of ether oxygens (including phenoxy) is 3. The lowest BCUT2D eigenvalue weighted by atomic mass is 10.2. The van der Waals surface area contributed by atoms with E-state index in [-0.39, 0.29) is 0 Å². The first-order valence-corrected chi connectivity index (χ1v) is 7.17. The van der Waals surface area contributed by atoms with Gasteiger partial charge in [-0.25, -0.2) is 0 Å². The number of anilines is 1. The van der Waals surface area contributed by atoms with Gasteiger partial charge in [-0.05, 0) is 29.8 Å². The molecule has 2 aromatic rings. The first-order chi connectivity index (χ1) is 10.2. The van der Waals surface area contributed by atoms with E-state index in [0.29, 0.717) is 47.8 Å². The molecule has 4 nitrogen and oxygen atoms in total. The van der Waals surface area contributed by atoms with E-state index < -0.39 is 0 Å². The second-order valence-electron chi connectivity index (χ2n) is 4.78. The molecule has 0 saturated carbocycles. The molecule has 0 bridgehead atoms. The van der Waals surface area contributed by atoms with E-state index in [0.717, 1.165) is 12.0 Å². The maximum Gasteiger partial charge on any atom is 0.179 e. The molecule has 0 aliphatic carbocycles. The highest BCUT2D eigenvalue weighted by molar-refractivity contribution is 6.32. The zero-order valence-corrected chi connectivity index (χ0v) is 12.2. The first kappa shape index (κ1) is 13.9. The molecule has 2 aromatic carbocycles. The van der Waals surface area contributed by atoms with Crippen molar-refractivity contribution in [3.63, 3.8) is 0 Å². The summed E-state index contributed by atoms with van der Waals surface area (Å²) < 4.78 is 17.0.